The van der Waals surface area contributed by atoms with Crippen LogP contribution < -0.4 is 5.32 Å². The van der Waals surface area contributed by atoms with Crippen LogP contribution in [0.2, 0.25) is 0 Å². The largest absolute Gasteiger partial charge is 0.467 e. The normalized spacial score (nSPS) is 13.5. The average molecular weight is 401 g/mol. The highest BCUT2D eigenvalue weighted by Crippen LogP contribution is 2.30. The molecule has 28 heavy (non-hydrogen) atoms. The number of nitrogens with one attached hydrogen (secondary N) is 1. The number of carbonyl (C=O) groups excluding carboxylic acids is 2. The molecule has 1 amide bonds. The molecule has 0 unspecified atom stereocenters. The van der Waals surface area contributed by atoms with Crippen molar-refractivity contribution in [2.45, 2.75) is 56.8 Å². The number of ether oxygens (including phenoxy) is 1. The SMILES string of the molecule is C=CCCCCCC[C@H](NC(=O)[C@@H](O)c1ccc(C(F)(F)F)cc1)C(=O)OC. The molecular formula is C20H26F3NO4. The number of hydrogen-bond donors (Lipinski definition) is 2. The summed E-state index contributed by atoms with van der Waals surface area (Å²) in [7, 11) is 1.19. The van der Waals surface area contributed by atoms with Gasteiger partial charge < -0.3 is 15.2 Å². The molecule has 2 atom stereocenters. The Balaban J connectivity index is 2.65. The van der Waals surface area contributed by atoms with Gasteiger partial charge in [0.25, 0.3) is 5.91 Å². The predicted molar refractivity (Wildman–Crippen MR) is 98.2 cm³/mol. The number of benzene rings is 1. The molecule has 1 aromatic carbocycles. The van der Waals surface area contributed by atoms with Gasteiger partial charge in [-0.2, -0.15) is 13.2 Å². The Bertz CT molecular complexity index is 644. The van der Waals surface area contributed by atoms with Crippen LogP contribution in [0.1, 0.15) is 55.8 Å². The first kappa shape index (κ1) is 23.7. The maximum atomic E-state index is 12.6. The molecular weight excluding hydrogens is 375 g/mol. The first-order chi connectivity index (χ1) is 13.2. The number of halogens is 3. The summed E-state index contributed by atoms with van der Waals surface area (Å²) in [5.41, 5.74) is -0.883. The minimum Gasteiger partial charge on any atom is -0.467 e. The van der Waals surface area contributed by atoms with Crippen LogP contribution in [0.25, 0.3) is 0 Å². The fourth-order valence-corrected chi connectivity index (χ4v) is 2.64. The molecule has 2 N–H and O–H groups in total. The molecule has 1 rings (SSSR count). The molecule has 0 saturated carbocycles. The van der Waals surface area contributed by atoms with Gasteiger partial charge in [-0.3, -0.25) is 4.79 Å². The third kappa shape index (κ3) is 7.72. The zero-order valence-corrected chi connectivity index (χ0v) is 15.8. The van der Waals surface area contributed by atoms with Gasteiger partial charge in [-0.15, -0.1) is 6.58 Å². The summed E-state index contributed by atoms with van der Waals surface area (Å²) in [5.74, 6) is -1.51. The number of rotatable bonds is 11. The van der Waals surface area contributed by atoms with E-state index in [2.05, 4.69) is 16.6 Å². The van der Waals surface area contributed by atoms with Gasteiger partial charge in [0.15, 0.2) is 6.10 Å². The molecule has 5 nitrogen and oxygen atoms in total. The maximum Gasteiger partial charge on any atom is 0.416 e. The lowest BCUT2D eigenvalue weighted by atomic mass is 10.0. The summed E-state index contributed by atoms with van der Waals surface area (Å²) in [5, 5.41) is 12.5. The molecule has 0 fully saturated rings. The highest BCUT2D eigenvalue weighted by Gasteiger charge is 2.31. The molecule has 8 heteroatoms. The van der Waals surface area contributed by atoms with Crippen LogP contribution in [0.15, 0.2) is 36.9 Å². The topological polar surface area (TPSA) is 75.6 Å². The number of methoxy groups -OCH3 is 1. The van der Waals surface area contributed by atoms with Crippen molar-refractivity contribution in [3.05, 3.63) is 48.0 Å². The number of allylic oxidation sites excluding steroid dienone is 1. The first-order valence-electron chi connectivity index (χ1n) is 9.05. The van der Waals surface area contributed by atoms with Crippen LogP contribution in [0.3, 0.4) is 0 Å². The van der Waals surface area contributed by atoms with E-state index in [0.717, 1.165) is 49.9 Å². The molecule has 1 aromatic rings. The predicted octanol–water partition coefficient (Wildman–Crippen LogP) is 3.92. The van der Waals surface area contributed by atoms with Crippen molar-refractivity contribution in [1.82, 2.24) is 5.32 Å². The fraction of sp³-hybridized carbons (Fsp3) is 0.500. The molecule has 0 bridgehead atoms. The van der Waals surface area contributed by atoms with Crippen LogP contribution in [-0.2, 0) is 20.5 Å². The van der Waals surface area contributed by atoms with Gasteiger partial charge in [-0.1, -0.05) is 37.5 Å². The number of unbranched alkanes of at least 4 members (excludes halogenated alkanes) is 4. The standard InChI is InChI=1S/C20H26F3NO4/c1-3-4-5-6-7-8-9-16(19(27)28-2)24-18(26)17(25)14-10-12-15(13-11-14)20(21,22)23/h3,10-13,16-17,25H,1,4-9H2,2H3,(H,24,26)/t16-,17-/m0/s1. The summed E-state index contributed by atoms with van der Waals surface area (Å²) < 4.78 is 42.5. The third-order valence-corrected chi connectivity index (χ3v) is 4.26. The fourth-order valence-electron chi connectivity index (χ4n) is 2.64. The second-order valence-electron chi connectivity index (χ2n) is 6.39. The number of aliphatic hydroxyl groups excluding tert-OH is 1. The molecule has 156 valence electrons. The van der Waals surface area contributed by atoms with E-state index < -0.39 is 35.8 Å². The summed E-state index contributed by atoms with van der Waals surface area (Å²) in [4.78, 5) is 24.1. The number of hydrogen-bond acceptors (Lipinski definition) is 4. The summed E-state index contributed by atoms with van der Waals surface area (Å²) >= 11 is 0. The van der Waals surface area contributed by atoms with Crippen LogP contribution in [-0.4, -0.2) is 30.1 Å². The Morgan fingerprint density at radius 2 is 1.79 bits per heavy atom. The number of carbonyl (C=O) groups is 2. The lowest BCUT2D eigenvalue weighted by Crippen LogP contribution is -2.43. The number of amides is 1. The van der Waals surface area contributed by atoms with Gasteiger partial charge in [0.1, 0.15) is 6.04 Å². The lowest BCUT2D eigenvalue weighted by molar-refractivity contribution is -0.146. The molecule has 0 heterocycles. The van der Waals surface area contributed by atoms with E-state index in [1.807, 2.05) is 6.08 Å². The van der Waals surface area contributed by atoms with Gasteiger partial charge >= 0.3 is 12.1 Å². The monoisotopic (exact) mass is 401 g/mol. The van der Waals surface area contributed by atoms with Crippen molar-refractivity contribution in [1.29, 1.82) is 0 Å². The third-order valence-electron chi connectivity index (χ3n) is 4.26. The Labute approximate surface area is 162 Å². The molecule has 0 aliphatic carbocycles. The van der Waals surface area contributed by atoms with Gasteiger partial charge in [0, 0.05) is 0 Å². The summed E-state index contributed by atoms with van der Waals surface area (Å²) in [6, 6.07) is 2.69. The van der Waals surface area contributed by atoms with Crippen molar-refractivity contribution < 1.29 is 32.6 Å². The van der Waals surface area contributed by atoms with Crippen molar-refractivity contribution >= 4 is 11.9 Å². The van der Waals surface area contributed by atoms with E-state index in [9.17, 15) is 27.9 Å². The van der Waals surface area contributed by atoms with E-state index in [4.69, 9.17) is 0 Å². The first-order valence-corrected chi connectivity index (χ1v) is 9.05. The minimum atomic E-state index is -4.51. The smallest absolute Gasteiger partial charge is 0.416 e. The molecule has 0 saturated heterocycles. The van der Waals surface area contributed by atoms with Crippen LogP contribution >= 0.6 is 0 Å². The van der Waals surface area contributed by atoms with Crippen molar-refractivity contribution in [3.63, 3.8) is 0 Å². The van der Waals surface area contributed by atoms with Gasteiger partial charge in [-0.05, 0) is 37.0 Å². The van der Waals surface area contributed by atoms with Gasteiger partial charge in [0.05, 0.1) is 12.7 Å². The molecule has 0 radical (unpaired) electrons. The number of aliphatic hydroxyl groups is 1. The lowest BCUT2D eigenvalue weighted by Gasteiger charge is -2.19. The highest BCUT2D eigenvalue weighted by molar-refractivity contribution is 5.87. The van der Waals surface area contributed by atoms with Crippen molar-refractivity contribution in [2.75, 3.05) is 7.11 Å². The van der Waals surface area contributed by atoms with Crippen LogP contribution in [0, 0.1) is 0 Å². The maximum absolute atomic E-state index is 12.6. The highest BCUT2D eigenvalue weighted by atomic mass is 19.4. The number of esters is 1. The Kier molecular flexibility index (Phi) is 9.72. The molecule has 0 aliphatic heterocycles. The molecule has 0 aliphatic rings. The van der Waals surface area contributed by atoms with E-state index in [1.54, 1.807) is 0 Å². The van der Waals surface area contributed by atoms with Crippen molar-refractivity contribution in [3.8, 4) is 0 Å². The summed E-state index contributed by atoms with van der Waals surface area (Å²) in [6.45, 7) is 3.64. The van der Waals surface area contributed by atoms with E-state index in [1.165, 1.54) is 7.11 Å². The Morgan fingerprint density at radius 3 is 2.32 bits per heavy atom. The van der Waals surface area contributed by atoms with E-state index in [-0.39, 0.29) is 5.56 Å². The average Bonchev–Trinajstić information content (AvgIpc) is 2.67. The van der Waals surface area contributed by atoms with E-state index in [0.29, 0.717) is 12.8 Å². The number of alkyl halides is 3. The van der Waals surface area contributed by atoms with Crippen LogP contribution in [0.4, 0.5) is 13.2 Å². The van der Waals surface area contributed by atoms with Crippen molar-refractivity contribution in [2.24, 2.45) is 0 Å². The zero-order chi connectivity index (χ0) is 21.2. The Morgan fingerprint density at radius 1 is 1.18 bits per heavy atom. The summed E-state index contributed by atoms with van der Waals surface area (Å²) in [6.07, 6.45) is 0.373. The Hall–Kier alpha value is -2.35. The van der Waals surface area contributed by atoms with Gasteiger partial charge in [0.2, 0.25) is 0 Å². The quantitative estimate of drug-likeness (QED) is 0.335. The van der Waals surface area contributed by atoms with Gasteiger partial charge in [-0.25, -0.2) is 4.79 Å². The molecule has 0 spiro atoms. The van der Waals surface area contributed by atoms with Crippen LogP contribution in [0.5, 0.6) is 0 Å². The molecule has 0 aromatic heterocycles. The minimum absolute atomic E-state index is 0.00135. The second-order valence-corrected chi connectivity index (χ2v) is 6.39. The zero-order valence-electron chi connectivity index (χ0n) is 15.8. The van der Waals surface area contributed by atoms with E-state index >= 15 is 0 Å². The second kappa shape index (κ2) is 11.5.